The number of ether oxygens (including phenoxy) is 2. The van der Waals surface area contributed by atoms with E-state index in [9.17, 15) is 23.2 Å². The third-order valence-electron chi connectivity index (χ3n) is 3.48. The highest BCUT2D eigenvalue weighted by atomic mass is 19.3. The smallest absolute Gasteiger partial charge is 0.387 e. The predicted molar refractivity (Wildman–Crippen MR) is 93.0 cm³/mol. The molecule has 0 fully saturated rings. The van der Waals surface area contributed by atoms with Crippen molar-refractivity contribution >= 4 is 23.3 Å². The first-order valence-electron chi connectivity index (χ1n) is 7.94. The molecule has 1 unspecified atom stereocenters. The number of ketones is 1. The highest BCUT2D eigenvalue weighted by molar-refractivity contribution is 5.99. The fraction of sp³-hybridized carbons (Fsp3) is 0.211. The van der Waals surface area contributed by atoms with E-state index in [1.165, 1.54) is 38.1 Å². The summed E-state index contributed by atoms with van der Waals surface area (Å²) in [5.74, 6) is -1.83. The van der Waals surface area contributed by atoms with Gasteiger partial charge in [0.2, 0.25) is 0 Å². The molecule has 8 heteroatoms. The van der Waals surface area contributed by atoms with Gasteiger partial charge in [0.25, 0.3) is 5.91 Å². The van der Waals surface area contributed by atoms with Crippen LogP contribution in [0, 0.1) is 0 Å². The summed E-state index contributed by atoms with van der Waals surface area (Å²) < 4.78 is 33.8. The number of hydrogen-bond donors (Lipinski definition) is 1. The van der Waals surface area contributed by atoms with Crippen molar-refractivity contribution in [2.45, 2.75) is 26.6 Å². The first-order valence-corrected chi connectivity index (χ1v) is 7.94. The van der Waals surface area contributed by atoms with E-state index in [1.807, 2.05) is 0 Å². The second-order valence-corrected chi connectivity index (χ2v) is 5.58. The Hall–Kier alpha value is -3.29. The van der Waals surface area contributed by atoms with Crippen LogP contribution in [0.5, 0.6) is 5.75 Å². The standard InChI is InChI=1S/C19H17F2NO5/c1-11(23)13-5-3-7-15(9-13)22-17(24)12(2)26-18(25)14-6-4-8-16(10-14)27-19(20)21/h3-10,12,19H,1-2H3,(H,22,24). The average Bonchev–Trinajstić information content (AvgIpc) is 2.61. The molecule has 0 aromatic heterocycles. The number of alkyl halides is 2. The summed E-state index contributed by atoms with van der Waals surface area (Å²) in [6.07, 6.45) is -1.15. The predicted octanol–water partition coefficient (Wildman–Crippen LogP) is 3.67. The molecule has 27 heavy (non-hydrogen) atoms. The minimum Gasteiger partial charge on any atom is -0.449 e. The van der Waals surface area contributed by atoms with Crippen molar-refractivity contribution in [1.29, 1.82) is 0 Å². The summed E-state index contributed by atoms with van der Waals surface area (Å²) in [4.78, 5) is 35.7. The first kappa shape index (κ1) is 20.0. The second kappa shape index (κ2) is 8.88. The number of halogens is 2. The molecule has 6 nitrogen and oxygen atoms in total. The highest BCUT2D eigenvalue weighted by Gasteiger charge is 2.20. The number of nitrogens with one attached hydrogen (secondary N) is 1. The Morgan fingerprint density at radius 3 is 2.33 bits per heavy atom. The maximum Gasteiger partial charge on any atom is 0.387 e. The maximum atomic E-state index is 12.2. The number of amides is 1. The lowest BCUT2D eigenvalue weighted by Gasteiger charge is -2.14. The van der Waals surface area contributed by atoms with E-state index in [4.69, 9.17) is 4.74 Å². The van der Waals surface area contributed by atoms with Crippen molar-refractivity contribution in [3.8, 4) is 5.75 Å². The Morgan fingerprint density at radius 2 is 1.67 bits per heavy atom. The lowest BCUT2D eigenvalue weighted by Crippen LogP contribution is -2.30. The van der Waals surface area contributed by atoms with E-state index in [1.54, 1.807) is 18.2 Å². The molecule has 0 spiro atoms. The van der Waals surface area contributed by atoms with Gasteiger partial charge in [0.05, 0.1) is 5.56 Å². The lowest BCUT2D eigenvalue weighted by molar-refractivity contribution is -0.123. The molecule has 0 aliphatic carbocycles. The molecule has 0 saturated heterocycles. The zero-order chi connectivity index (χ0) is 20.0. The molecule has 0 saturated carbocycles. The molecule has 2 aromatic rings. The molecule has 0 aliphatic rings. The van der Waals surface area contributed by atoms with Crippen LogP contribution >= 0.6 is 0 Å². The van der Waals surface area contributed by atoms with Crippen LogP contribution in [0.3, 0.4) is 0 Å². The number of carbonyl (C=O) groups excluding carboxylic acids is 3. The van der Waals surface area contributed by atoms with Crippen molar-refractivity contribution in [2.75, 3.05) is 5.32 Å². The van der Waals surface area contributed by atoms with Crippen LogP contribution < -0.4 is 10.1 Å². The molecular formula is C19H17F2NO5. The highest BCUT2D eigenvalue weighted by Crippen LogP contribution is 2.17. The van der Waals surface area contributed by atoms with Crippen molar-refractivity contribution in [1.82, 2.24) is 0 Å². The zero-order valence-corrected chi connectivity index (χ0v) is 14.6. The lowest BCUT2D eigenvalue weighted by atomic mass is 10.1. The molecule has 2 aromatic carbocycles. The van der Waals surface area contributed by atoms with Crippen molar-refractivity contribution in [3.05, 3.63) is 59.7 Å². The van der Waals surface area contributed by atoms with Gasteiger partial charge in [-0.05, 0) is 44.2 Å². The van der Waals surface area contributed by atoms with Crippen LogP contribution in [-0.2, 0) is 9.53 Å². The molecule has 1 N–H and O–H groups in total. The van der Waals surface area contributed by atoms with E-state index >= 15 is 0 Å². The third kappa shape index (κ3) is 5.88. The fourth-order valence-corrected chi connectivity index (χ4v) is 2.14. The summed E-state index contributed by atoms with van der Waals surface area (Å²) in [6, 6.07) is 11.4. The van der Waals surface area contributed by atoms with Gasteiger partial charge in [0.1, 0.15) is 5.75 Å². The molecule has 0 heterocycles. The quantitative estimate of drug-likeness (QED) is 0.588. The molecule has 1 atom stereocenters. The normalized spacial score (nSPS) is 11.6. The number of Topliss-reactive ketones (excluding diaryl/α,β-unsaturated/α-hetero) is 1. The molecule has 142 valence electrons. The van der Waals surface area contributed by atoms with Gasteiger partial charge in [-0.3, -0.25) is 9.59 Å². The summed E-state index contributed by atoms with van der Waals surface area (Å²) >= 11 is 0. The van der Waals surface area contributed by atoms with Crippen LogP contribution in [0.1, 0.15) is 34.6 Å². The van der Waals surface area contributed by atoms with Gasteiger partial charge in [-0.1, -0.05) is 18.2 Å². The Kier molecular flexibility index (Phi) is 6.59. The largest absolute Gasteiger partial charge is 0.449 e. The van der Waals surface area contributed by atoms with Gasteiger partial charge in [-0.25, -0.2) is 4.79 Å². The van der Waals surface area contributed by atoms with Crippen LogP contribution in [0.25, 0.3) is 0 Å². The molecular weight excluding hydrogens is 360 g/mol. The Balaban J connectivity index is 2.00. The minimum atomic E-state index is -3.02. The SMILES string of the molecule is CC(=O)c1cccc(NC(=O)C(C)OC(=O)c2cccc(OC(F)F)c2)c1. The molecule has 2 rings (SSSR count). The average molecular weight is 377 g/mol. The summed E-state index contributed by atoms with van der Waals surface area (Å²) in [5, 5.41) is 2.54. The molecule has 0 bridgehead atoms. The molecule has 0 radical (unpaired) electrons. The summed E-state index contributed by atoms with van der Waals surface area (Å²) in [7, 11) is 0. The topological polar surface area (TPSA) is 81.7 Å². The van der Waals surface area contributed by atoms with E-state index in [0.717, 1.165) is 6.07 Å². The van der Waals surface area contributed by atoms with Gasteiger partial charge >= 0.3 is 12.6 Å². The first-order chi connectivity index (χ1) is 12.8. The van der Waals surface area contributed by atoms with Crippen LogP contribution in [0.15, 0.2) is 48.5 Å². The van der Waals surface area contributed by atoms with E-state index in [-0.39, 0.29) is 17.1 Å². The zero-order valence-electron chi connectivity index (χ0n) is 14.6. The molecule has 1 amide bonds. The van der Waals surface area contributed by atoms with Gasteiger partial charge < -0.3 is 14.8 Å². The summed E-state index contributed by atoms with van der Waals surface area (Å²) in [6.45, 7) is -0.259. The monoisotopic (exact) mass is 377 g/mol. The Bertz CT molecular complexity index is 853. The number of esters is 1. The van der Waals surface area contributed by atoms with Gasteiger partial charge in [-0.15, -0.1) is 0 Å². The van der Waals surface area contributed by atoms with Crippen LogP contribution in [-0.4, -0.2) is 30.4 Å². The van der Waals surface area contributed by atoms with Crippen LogP contribution in [0.2, 0.25) is 0 Å². The van der Waals surface area contributed by atoms with Gasteiger partial charge in [0.15, 0.2) is 11.9 Å². The molecule has 0 aliphatic heterocycles. The Morgan fingerprint density at radius 1 is 1.00 bits per heavy atom. The van der Waals surface area contributed by atoms with E-state index < -0.39 is 24.6 Å². The maximum absolute atomic E-state index is 12.2. The number of hydrogen-bond acceptors (Lipinski definition) is 5. The second-order valence-electron chi connectivity index (χ2n) is 5.58. The summed E-state index contributed by atoms with van der Waals surface area (Å²) in [5.41, 5.74) is 0.766. The Labute approximate surface area is 154 Å². The van der Waals surface area contributed by atoms with E-state index in [2.05, 4.69) is 10.1 Å². The number of benzene rings is 2. The van der Waals surface area contributed by atoms with Crippen molar-refractivity contribution < 1.29 is 32.6 Å². The number of anilines is 1. The van der Waals surface area contributed by atoms with Crippen LogP contribution in [0.4, 0.5) is 14.5 Å². The fourth-order valence-electron chi connectivity index (χ4n) is 2.14. The van der Waals surface area contributed by atoms with Crippen molar-refractivity contribution in [3.63, 3.8) is 0 Å². The third-order valence-corrected chi connectivity index (χ3v) is 3.48. The number of carbonyl (C=O) groups is 3. The minimum absolute atomic E-state index is 0.0358. The van der Waals surface area contributed by atoms with Gasteiger partial charge in [-0.2, -0.15) is 8.78 Å². The van der Waals surface area contributed by atoms with E-state index in [0.29, 0.717) is 11.3 Å². The number of rotatable bonds is 7. The van der Waals surface area contributed by atoms with Gasteiger partial charge in [0, 0.05) is 11.3 Å². The van der Waals surface area contributed by atoms with Crippen molar-refractivity contribution in [2.24, 2.45) is 0 Å².